The summed E-state index contributed by atoms with van der Waals surface area (Å²) in [5.41, 5.74) is 9.97. The quantitative estimate of drug-likeness (QED) is 0.157. The van der Waals surface area contributed by atoms with Crippen molar-refractivity contribution in [2.75, 3.05) is 26.2 Å². The zero-order valence-electron chi connectivity index (χ0n) is 9.01. The molecule has 0 aromatic rings. The summed E-state index contributed by atoms with van der Waals surface area (Å²) < 4.78 is 0. The maximum atomic E-state index is 10.8. The fourth-order valence-corrected chi connectivity index (χ4v) is 0.873. The molecule has 92 valence electrons. The lowest BCUT2D eigenvalue weighted by Gasteiger charge is -2.08. The van der Waals surface area contributed by atoms with Crippen molar-refractivity contribution < 1.29 is 9.59 Å². The van der Waals surface area contributed by atoms with E-state index < -0.39 is 11.8 Å². The number of carbonyl (C=O) groups is 2. The van der Waals surface area contributed by atoms with Crippen LogP contribution in [0.1, 0.15) is 6.42 Å². The summed E-state index contributed by atoms with van der Waals surface area (Å²) in [7, 11) is 0. The Morgan fingerprint density at radius 3 is 2.50 bits per heavy atom. The van der Waals surface area contributed by atoms with E-state index in [0.29, 0.717) is 19.5 Å². The number of rotatable bonds is 7. The predicted molar refractivity (Wildman–Crippen MR) is 59.6 cm³/mol. The average molecular weight is 230 g/mol. The Bertz CT molecular complexity index is 255. The first-order chi connectivity index (χ1) is 7.56. The van der Waals surface area contributed by atoms with E-state index in [1.807, 2.05) is 0 Å². The van der Waals surface area contributed by atoms with E-state index in [0.717, 1.165) is 0 Å². The first-order valence-corrected chi connectivity index (χ1v) is 4.87. The van der Waals surface area contributed by atoms with Crippen molar-refractivity contribution >= 4 is 17.8 Å². The van der Waals surface area contributed by atoms with E-state index in [9.17, 15) is 9.59 Å². The van der Waals surface area contributed by atoms with Crippen molar-refractivity contribution in [1.29, 1.82) is 5.41 Å². The van der Waals surface area contributed by atoms with Crippen molar-refractivity contribution in [2.45, 2.75) is 6.42 Å². The van der Waals surface area contributed by atoms with Gasteiger partial charge in [-0.3, -0.25) is 20.3 Å². The molecule has 0 unspecified atom stereocenters. The largest absolute Gasteiger partial charge is 0.369 e. The van der Waals surface area contributed by atoms with Crippen LogP contribution in [0.4, 0.5) is 0 Å². The first kappa shape index (κ1) is 14.3. The molecule has 0 aliphatic carbocycles. The van der Waals surface area contributed by atoms with Crippen LogP contribution in [0.2, 0.25) is 0 Å². The molecule has 8 N–H and O–H groups in total. The van der Waals surface area contributed by atoms with Crippen molar-refractivity contribution in [1.82, 2.24) is 16.0 Å². The normalized spacial score (nSPS) is 9.56. The Balaban J connectivity index is 3.34. The van der Waals surface area contributed by atoms with Gasteiger partial charge in [0.2, 0.25) is 11.8 Å². The fraction of sp³-hybridized carbons (Fsp3) is 0.625. The number of amides is 2. The molecule has 0 saturated heterocycles. The topological polar surface area (TPSA) is 146 Å². The molecule has 0 radical (unpaired) electrons. The van der Waals surface area contributed by atoms with Crippen molar-refractivity contribution in [2.24, 2.45) is 11.5 Å². The Morgan fingerprint density at radius 2 is 1.94 bits per heavy atom. The highest BCUT2D eigenvalue weighted by molar-refractivity contribution is 5.96. The number of primary amides is 1. The third-order valence-corrected chi connectivity index (χ3v) is 1.58. The molecule has 0 heterocycles. The smallest absolute Gasteiger partial charge is 0.240 e. The van der Waals surface area contributed by atoms with Gasteiger partial charge in [0.25, 0.3) is 0 Å². The highest BCUT2D eigenvalue weighted by atomic mass is 16.2. The molecule has 0 aliphatic heterocycles. The number of hydrogen-bond acceptors (Lipinski definition) is 5. The molecule has 0 aromatic heterocycles. The minimum Gasteiger partial charge on any atom is -0.369 e. The molecule has 0 aromatic carbocycles. The second-order valence-corrected chi connectivity index (χ2v) is 3.05. The van der Waals surface area contributed by atoms with Gasteiger partial charge < -0.3 is 22.1 Å². The Hall–Kier alpha value is -1.67. The number of nitrogens with one attached hydrogen (secondary N) is 4. The van der Waals surface area contributed by atoms with Crippen LogP contribution in [0.15, 0.2) is 0 Å². The van der Waals surface area contributed by atoms with E-state index in [-0.39, 0.29) is 19.0 Å². The lowest BCUT2D eigenvalue weighted by molar-refractivity contribution is -0.118. The summed E-state index contributed by atoms with van der Waals surface area (Å²) in [6.45, 7) is 1.11. The van der Waals surface area contributed by atoms with Gasteiger partial charge in [-0.25, -0.2) is 0 Å². The van der Waals surface area contributed by atoms with Crippen LogP contribution in [0, 0.1) is 5.41 Å². The van der Waals surface area contributed by atoms with Gasteiger partial charge in [-0.1, -0.05) is 0 Å². The van der Waals surface area contributed by atoms with E-state index in [2.05, 4.69) is 16.0 Å². The summed E-state index contributed by atoms with van der Waals surface area (Å²) in [6, 6.07) is 0. The van der Waals surface area contributed by atoms with Gasteiger partial charge in [0.1, 0.15) is 0 Å². The Morgan fingerprint density at radius 1 is 1.25 bits per heavy atom. The maximum Gasteiger partial charge on any atom is 0.240 e. The minimum absolute atomic E-state index is 0.0784. The summed E-state index contributed by atoms with van der Waals surface area (Å²) in [6.07, 6.45) is 0.703. The SMILES string of the molecule is N=C(NCCCNCC(N)=O)NC(=O)CN. The molecular weight excluding hydrogens is 212 g/mol. The number of carbonyl (C=O) groups excluding carboxylic acids is 2. The van der Waals surface area contributed by atoms with Crippen molar-refractivity contribution in [3.63, 3.8) is 0 Å². The van der Waals surface area contributed by atoms with E-state index in [1.165, 1.54) is 0 Å². The molecule has 8 heteroatoms. The highest BCUT2D eigenvalue weighted by Gasteiger charge is 2.00. The average Bonchev–Trinajstić information content (AvgIpc) is 2.22. The van der Waals surface area contributed by atoms with E-state index in [1.54, 1.807) is 0 Å². The molecule has 16 heavy (non-hydrogen) atoms. The third kappa shape index (κ3) is 8.91. The van der Waals surface area contributed by atoms with Gasteiger partial charge in [0, 0.05) is 6.54 Å². The monoisotopic (exact) mass is 230 g/mol. The lowest BCUT2D eigenvalue weighted by Crippen LogP contribution is -2.43. The van der Waals surface area contributed by atoms with Gasteiger partial charge >= 0.3 is 0 Å². The van der Waals surface area contributed by atoms with Crippen LogP contribution >= 0.6 is 0 Å². The summed E-state index contributed by atoms with van der Waals surface area (Å²) in [5, 5.41) is 15.0. The molecule has 0 rings (SSSR count). The van der Waals surface area contributed by atoms with Crippen LogP contribution in [-0.4, -0.2) is 44.0 Å². The number of guanidine groups is 1. The zero-order valence-corrected chi connectivity index (χ0v) is 9.01. The Kier molecular flexibility index (Phi) is 7.72. The van der Waals surface area contributed by atoms with Gasteiger partial charge in [0.05, 0.1) is 13.1 Å². The highest BCUT2D eigenvalue weighted by Crippen LogP contribution is 1.73. The fourth-order valence-electron chi connectivity index (χ4n) is 0.873. The zero-order chi connectivity index (χ0) is 12.4. The van der Waals surface area contributed by atoms with Gasteiger partial charge in [-0.15, -0.1) is 0 Å². The number of nitrogens with two attached hydrogens (primary N) is 2. The predicted octanol–water partition coefficient (Wildman–Crippen LogP) is -2.95. The molecule has 2 amide bonds. The molecule has 0 saturated carbocycles. The molecule has 0 bridgehead atoms. The van der Waals surface area contributed by atoms with Crippen LogP contribution in [-0.2, 0) is 9.59 Å². The summed E-state index contributed by atoms with van der Waals surface area (Å²) in [5.74, 6) is -0.898. The Labute approximate surface area is 93.6 Å². The van der Waals surface area contributed by atoms with E-state index >= 15 is 0 Å². The second kappa shape index (κ2) is 8.62. The van der Waals surface area contributed by atoms with Gasteiger partial charge in [-0.2, -0.15) is 0 Å². The molecule has 0 atom stereocenters. The van der Waals surface area contributed by atoms with E-state index in [4.69, 9.17) is 16.9 Å². The van der Waals surface area contributed by atoms with Crippen molar-refractivity contribution in [3.8, 4) is 0 Å². The molecule has 0 aliphatic rings. The molecular formula is C8H18N6O2. The summed E-state index contributed by atoms with van der Waals surface area (Å²) >= 11 is 0. The molecule has 0 spiro atoms. The maximum absolute atomic E-state index is 10.8. The van der Waals surface area contributed by atoms with Gasteiger partial charge in [-0.05, 0) is 13.0 Å². The molecule has 0 fully saturated rings. The second-order valence-electron chi connectivity index (χ2n) is 3.05. The standard InChI is InChI=1S/C8H18N6O2/c9-4-7(16)14-8(11)13-3-1-2-12-5-6(10)15/h12H,1-5,9H2,(H2,10,15)(H3,11,13,14,16). The van der Waals surface area contributed by atoms with Crippen molar-refractivity contribution in [3.05, 3.63) is 0 Å². The number of hydrogen-bond donors (Lipinski definition) is 6. The van der Waals surface area contributed by atoms with Crippen LogP contribution in [0.3, 0.4) is 0 Å². The van der Waals surface area contributed by atoms with Gasteiger partial charge in [0.15, 0.2) is 5.96 Å². The minimum atomic E-state index is -0.413. The van der Waals surface area contributed by atoms with Crippen LogP contribution < -0.4 is 27.4 Å². The van der Waals surface area contributed by atoms with Crippen LogP contribution in [0.5, 0.6) is 0 Å². The van der Waals surface area contributed by atoms with Crippen LogP contribution in [0.25, 0.3) is 0 Å². The first-order valence-electron chi connectivity index (χ1n) is 4.87. The lowest BCUT2D eigenvalue weighted by atomic mass is 10.4. The molecule has 8 nitrogen and oxygen atoms in total. The summed E-state index contributed by atoms with van der Waals surface area (Å²) in [4.78, 5) is 21.1. The third-order valence-electron chi connectivity index (χ3n) is 1.58.